The van der Waals surface area contributed by atoms with E-state index >= 15 is 0 Å². The Kier molecular flexibility index (Phi) is 4.34. The van der Waals surface area contributed by atoms with Gasteiger partial charge in [0.1, 0.15) is 10.8 Å². The SMILES string of the molecule is Cc1cc(Nc2nc(N[C@H]3CC[C@H](O)CC3)c3sccc3n2)sn1. The molecule has 8 heteroatoms. The molecule has 24 heavy (non-hydrogen) atoms. The van der Waals surface area contributed by atoms with E-state index in [0.29, 0.717) is 12.0 Å². The van der Waals surface area contributed by atoms with Gasteiger partial charge in [-0.15, -0.1) is 11.3 Å². The minimum atomic E-state index is -0.151. The maximum Gasteiger partial charge on any atom is 0.230 e. The number of aliphatic hydroxyl groups is 1. The number of anilines is 3. The lowest BCUT2D eigenvalue weighted by atomic mass is 9.93. The van der Waals surface area contributed by atoms with Gasteiger partial charge in [-0.25, -0.2) is 4.98 Å². The molecule has 0 spiro atoms. The summed E-state index contributed by atoms with van der Waals surface area (Å²) >= 11 is 3.05. The Labute approximate surface area is 148 Å². The summed E-state index contributed by atoms with van der Waals surface area (Å²) in [5.41, 5.74) is 1.93. The van der Waals surface area contributed by atoms with Gasteiger partial charge in [0.25, 0.3) is 0 Å². The molecule has 6 nitrogen and oxygen atoms in total. The number of aryl methyl sites for hydroxylation is 1. The van der Waals surface area contributed by atoms with Crippen molar-refractivity contribution in [1.29, 1.82) is 0 Å². The van der Waals surface area contributed by atoms with Crippen LogP contribution in [-0.2, 0) is 0 Å². The minimum Gasteiger partial charge on any atom is -0.393 e. The van der Waals surface area contributed by atoms with E-state index in [1.807, 2.05) is 24.4 Å². The number of aliphatic hydroxyl groups excluding tert-OH is 1. The number of nitrogens with zero attached hydrogens (tertiary/aromatic N) is 3. The first-order valence-electron chi connectivity index (χ1n) is 8.07. The van der Waals surface area contributed by atoms with Gasteiger partial charge in [-0.1, -0.05) is 0 Å². The summed E-state index contributed by atoms with van der Waals surface area (Å²) in [5.74, 6) is 1.46. The van der Waals surface area contributed by atoms with Gasteiger partial charge in [-0.05, 0) is 61.7 Å². The second-order valence-corrected chi connectivity index (χ2v) is 7.86. The Hall–Kier alpha value is -1.77. The van der Waals surface area contributed by atoms with E-state index in [9.17, 15) is 5.11 Å². The largest absolute Gasteiger partial charge is 0.393 e. The van der Waals surface area contributed by atoms with Crippen LogP contribution in [0.15, 0.2) is 17.5 Å². The van der Waals surface area contributed by atoms with Crippen molar-refractivity contribution in [2.24, 2.45) is 0 Å². The number of rotatable bonds is 4. The molecule has 0 radical (unpaired) electrons. The number of hydrogen-bond donors (Lipinski definition) is 3. The predicted octanol–water partition coefficient (Wildman–Crippen LogP) is 3.92. The molecule has 0 aromatic carbocycles. The maximum absolute atomic E-state index is 9.68. The Bertz CT molecular complexity index is 838. The highest BCUT2D eigenvalue weighted by molar-refractivity contribution is 7.17. The van der Waals surface area contributed by atoms with Crippen LogP contribution in [0.2, 0.25) is 0 Å². The third kappa shape index (κ3) is 3.35. The van der Waals surface area contributed by atoms with Gasteiger partial charge in [0.05, 0.1) is 22.0 Å². The van der Waals surface area contributed by atoms with E-state index in [1.165, 1.54) is 11.5 Å². The van der Waals surface area contributed by atoms with Crippen molar-refractivity contribution in [3.8, 4) is 0 Å². The smallest absolute Gasteiger partial charge is 0.230 e. The van der Waals surface area contributed by atoms with Gasteiger partial charge < -0.3 is 15.7 Å². The molecule has 3 aromatic rings. The van der Waals surface area contributed by atoms with E-state index in [4.69, 9.17) is 0 Å². The maximum atomic E-state index is 9.68. The highest BCUT2D eigenvalue weighted by Crippen LogP contribution is 2.31. The van der Waals surface area contributed by atoms with Gasteiger partial charge in [0, 0.05) is 6.04 Å². The van der Waals surface area contributed by atoms with Crippen molar-refractivity contribution in [2.45, 2.75) is 44.8 Å². The second kappa shape index (κ2) is 6.62. The molecule has 1 aliphatic carbocycles. The van der Waals surface area contributed by atoms with Crippen molar-refractivity contribution in [3.05, 3.63) is 23.2 Å². The topological polar surface area (TPSA) is 83.0 Å². The van der Waals surface area contributed by atoms with Crippen LogP contribution in [-0.4, -0.2) is 31.6 Å². The quantitative estimate of drug-likeness (QED) is 0.653. The van der Waals surface area contributed by atoms with Crippen molar-refractivity contribution in [3.63, 3.8) is 0 Å². The molecule has 0 atom stereocenters. The highest BCUT2D eigenvalue weighted by atomic mass is 32.1. The predicted molar refractivity (Wildman–Crippen MR) is 99.4 cm³/mol. The van der Waals surface area contributed by atoms with Gasteiger partial charge in [0.15, 0.2) is 0 Å². The van der Waals surface area contributed by atoms with Crippen LogP contribution in [0.5, 0.6) is 0 Å². The zero-order valence-corrected chi connectivity index (χ0v) is 15.0. The summed E-state index contributed by atoms with van der Waals surface area (Å²) in [6, 6.07) is 4.36. The molecule has 4 rings (SSSR count). The lowest BCUT2D eigenvalue weighted by Crippen LogP contribution is -2.28. The molecule has 0 saturated heterocycles. The Morgan fingerprint density at radius 3 is 2.79 bits per heavy atom. The van der Waals surface area contributed by atoms with Crippen LogP contribution >= 0.6 is 22.9 Å². The molecule has 0 unspecified atom stereocenters. The summed E-state index contributed by atoms with van der Waals surface area (Å²) in [6.07, 6.45) is 3.48. The van der Waals surface area contributed by atoms with E-state index < -0.39 is 0 Å². The molecule has 1 fully saturated rings. The van der Waals surface area contributed by atoms with Gasteiger partial charge in [0.2, 0.25) is 5.95 Å². The summed E-state index contributed by atoms with van der Waals surface area (Å²) in [5, 5.41) is 19.5. The Morgan fingerprint density at radius 1 is 1.21 bits per heavy atom. The molecule has 3 N–H and O–H groups in total. The number of nitrogens with one attached hydrogen (secondary N) is 2. The Morgan fingerprint density at radius 2 is 2.04 bits per heavy atom. The fraction of sp³-hybridized carbons (Fsp3) is 0.438. The van der Waals surface area contributed by atoms with Gasteiger partial charge >= 0.3 is 0 Å². The molecule has 0 aliphatic heterocycles. The summed E-state index contributed by atoms with van der Waals surface area (Å²) < 4.78 is 5.35. The van der Waals surface area contributed by atoms with Crippen LogP contribution in [0.3, 0.4) is 0 Å². The number of aromatic nitrogens is 3. The fourth-order valence-electron chi connectivity index (χ4n) is 2.96. The second-order valence-electron chi connectivity index (χ2n) is 6.14. The van der Waals surface area contributed by atoms with Crippen LogP contribution in [0.1, 0.15) is 31.4 Å². The fourth-order valence-corrected chi connectivity index (χ4v) is 4.40. The third-order valence-electron chi connectivity index (χ3n) is 4.20. The summed E-state index contributed by atoms with van der Waals surface area (Å²) in [4.78, 5) is 9.28. The van der Waals surface area contributed by atoms with Crippen molar-refractivity contribution >= 4 is 49.9 Å². The number of thiophene rings is 1. The first-order valence-corrected chi connectivity index (χ1v) is 9.73. The monoisotopic (exact) mass is 361 g/mol. The third-order valence-corrected chi connectivity index (χ3v) is 5.91. The lowest BCUT2D eigenvalue weighted by Gasteiger charge is -2.26. The van der Waals surface area contributed by atoms with Crippen LogP contribution in [0.4, 0.5) is 16.8 Å². The van der Waals surface area contributed by atoms with Crippen LogP contribution in [0, 0.1) is 6.92 Å². The average Bonchev–Trinajstić information content (AvgIpc) is 3.19. The Balaban J connectivity index is 1.60. The molecule has 3 aromatic heterocycles. The average molecular weight is 361 g/mol. The zero-order valence-electron chi connectivity index (χ0n) is 13.3. The van der Waals surface area contributed by atoms with E-state index in [-0.39, 0.29) is 6.10 Å². The molecule has 1 aliphatic rings. The van der Waals surface area contributed by atoms with E-state index in [2.05, 4.69) is 25.0 Å². The minimum absolute atomic E-state index is 0.151. The number of fused-ring (bicyclic) bond motifs is 1. The molecule has 1 saturated carbocycles. The van der Waals surface area contributed by atoms with Crippen molar-refractivity contribution in [1.82, 2.24) is 14.3 Å². The zero-order chi connectivity index (χ0) is 16.5. The molecule has 3 heterocycles. The number of hydrogen-bond acceptors (Lipinski definition) is 8. The molecule has 0 bridgehead atoms. The molecular formula is C16H19N5OS2. The van der Waals surface area contributed by atoms with Crippen molar-refractivity contribution in [2.75, 3.05) is 10.6 Å². The first kappa shape index (κ1) is 15.7. The summed E-state index contributed by atoms with van der Waals surface area (Å²) in [6.45, 7) is 1.97. The summed E-state index contributed by atoms with van der Waals surface area (Å²) in [7, 11) is 0. The molecular weight excluding hydrogens is 342 g/mol. The van der Waals surface area contributed by atoms with Crippen LogP contribution < -0.4 is 10.6 Å². The van der Waals surface area contributed by atoms with Gasteiger partial charge in [-0.3, -0.25) is 0 Å². The van der Waals surface area contributed by atoms with E-state index in [0.717, 1.165) is 52.4 Å². The lowest BCUT2D eigenvalue weighted by molar-refractivity contribution is 0.126. The normalized spacial score (nSPS) is 21.1. The standard InChI is InChI=1S/C16H19N5OS2/c1-9-8-13(24-21-9)19-16-18-12-6-7-23-14(12)15(20-16)17-10-2-4-11(22)5-3-10/h6-8,10-11,22H,2-5H2,1H3,(H2,17,18,19,20)/t10-,11-. The molecule has 0 amide bonds. The highest BCUT2D eigenvalue weighted by Gasteiger charge is 2.21. The van der Waals surface area contributed by atoms with E-state index in [1.54, 1.807) is 11.3 Å². The first-order chi connectivity index (χ1) is 11.7. The van der Waals surface area contributed by atoms with Gasteiger partial charge in [-0.2, -0.15) is 9.36 Å². The molecule has 126 valence electrons. The van der Waals surface area contributed by atoms with Crippen molar-refractivity contribution < 1.29 is 5.11 Å². The van der Waals surface area contributed by atoms with Crippen LogP contribution in [0.25, 0.3) is 10.2 Å².